The van der Waals surface area contributed by atoms with Gasteiger partial charge in [0.15, 0.2) is 0 Å². The lowest BCUT2D eigenvalue weighted by Gasteiger charge is -2.20. The van der Waals surface area contributed by atoms with E-state index in [-0.39, 0.29) is 11.8 Å². The molecular formula is C22H29BrN4O2. The molecule has 0 fully saturated rings. The zero-order chi connectivity index (χ0) is 21.4. The summed E-state index contributed by atoms with van der Waals surface area (Å²) in [5.41, 5.74) is 2.43. The van der Waals surface area contributed by atoms with E-state index in [4.69, 9.17) is 0 Å². The number of halogens is 1. The fourth-order valence-corrected chi connectivity index (χ4v) is 3.46. The predicted molar refractivity (Wildman–Crippen MR) is 123 cm³/mol. The lowest BCUT2D eigenvalue weighted by atomic mass is 10.1. The SMILES string of the molecule is CCN(CC)CCNC(=O)c1cc(NC(=O)c2ccccc2Br)ccc1N(C)C. The number of carbonyl (C=O) groups is 2. The molecule has 2 N–H and O–H groups in total. The molecule has 7 heteroatoms. The number of nitrogens with one attached hydrogen (secondary N) is 2. The molecule has 2 amide bonds. The van der Waals surface area contributed by atoms with Crippen LogP contribution in [0.15, 0.2) is 46.9 Å². The number of hydrogen-bond donors (Lipinski definition) is 2. The van der Waals surface area contributed by atoms with E-state index in [1.807, 2.05) is 43.3 Å². The van der Waals surface area contributed by atoms with Crippen LogP contribution < -0.4 is 15.5 Å². The van der Waals surface area contributed by atoms with Crippen LogP contribution in [0.2, 0.25) is 0 Å². The van der Waals surface area contributed by atoms with E-state index in [0.29, 0.717) is 23.4 Å². The highest BCUT2D eigenvalue weighted by molar-refractivity contribution is 9.10. The average Bonchev–Trinajstić information content (AvgIpc) is 2.71. The Morgan fingerprint density at radius 1 is 0.966 bits per heavy atom. The van der Waals surface area contributed by atoms with Gasteiger partial charge in [-0.2, -0.15) is 0 Å². The second-order valence-corrected chi connectivity index (χ2v) is 7.70. The van der Waals surface area contributed by atoms with E-state index in [2.05, 4.69) is 45.3 Å². The minimum Gasteiger partial charge on any atom is -0.377 e. The van der Waals surface area contributed by atoms with Gasteiger partial charge in [0.05, 0.1) is 11.1 Å². The highest BCUT2D eigenvalue weighted by Gasteiger charge is 2.16. The summed E-state index contributed by atoms with van der Waals surface area (Å²) in [6, 6.07) is 12.6. The first-order valence-corrected chi connectivity index (χ1v) is 10.5. The van der Waals surface area contributed by atoms with Gasteiger partial charge in [-0.3, -0.25) is 9.59 Å². The fourth-order valence-electron chi connectivity index (χ4n) is 2.99. The zero-order valence-corrected chi connectivity index (χ0v) is 19.0. The molecule has 0 aliphatic carbocycles. The maximum absolute atomic E-state index is 12.8. The topological polar surface area (TPSA) is 64.7 Å². The van der Waals surface area contributed by atoms with Gasteiger partial charge in [-0.1, -0.05) is 26.0 Å². The molecule has 0 radical (unpaired) electrons. The fraction of sp³-hybridized carbons (Fsp3) is 0.364. The van der Waals surface area contributed by atoms with Crippen molar-refractivity contribution in [3.8, 4) is 0 Å². The Labute approximate surface area is 181 Å². The molecule has 0 aromatic heterocycles. The number of carbonyl (C=O) groups excluding carboxylic acids is 2. The molecule has 0 unspecified atom stereocenters. The molecule has 0 bridgehead atoms. The third-order valence-corrected chi connectivity index (χ3v) is 5.40. The summed E-state index contributed by atoms with van der Waals surface area (Å²) in [6.45, 7) is 7.48. The molecule has 0 saturated carbocycles. The van der Waals surface area contributed by atoms with Crippen molar-refractivity contribution in [3.63, 3.8) is 0 Å². The van der Waals surface area contributed by atoms with Crippen LogP contribution in [0.1, 0.15) is 34.6 Å². The van der Waals surface area contributed by atoms with Crippen LogP contribution in [-0.2, 0) is 0 Å². The molecule has 0 aliphatic rings. The van der Waals surface area contributed by atoms with Gasteiger partial charge in [0.1, 0.15) is 0 Å². The largest absolute Gasteiger partial charge is 0.377 e. The van der Waals surface area contributed by atoms with E-state index < -0.39 is 0 Å². The number of benzene rings is 2. The molecule has 2 aromatic rings. The second-order valence-electron chi connectivity index (χ2n) is 6.84. The first-order chi connectivity index (χ1) is 13.9. The van der Waals surface area contributed by atoms with Crippen molar-refractivity contribution >= 4 is 39.1 Å². The minimum absolute atomic E-state index is 0.155. The van der Waals surface area contributed by atoms with E-state index >= 15 is 0 Å². The third kappa shape index (κ3) is 6.30. The van der Waals surface area contributed by atoms with Gasteiger partial charge >= 0.3 is 0 Å². The Bertz CT molecular complexity index is 850. The Morgan fingerprint density at radius 3 is 2.28 bits per heavy atom. The number of hydrogen-bond acceptors (Lipinski definition) is 4. The average molecular weight is 461 g/mol. The van der Waals surface area contributed by atoms with Crippen LogP contribution in [0, 0.1) is 0 Å². The van der Waals surface area contributed by atoms with Crippen LogP contribution in [0.5, 0.6) is 0 Å². The normalized spacial score (nSPS) is 10.7. The lowest BCUT2D eigenvalue weighted by molar-refractivity contribution is 0.0948. The molecule has 0 spiro atoms. The Morgan fingerprint density at radius 2 is 1.66 bits per heavy atom. The van der Waals surface area contributed by atoms with Crippen LogP contribution in [0.4, 0.5) is 11.4 Å². The Hall–Kier alpha value is -2.38. The van der Waals surface area contributed by atoms with Gasteiger partial charge in [-0.15, -0.1) is 0 Å². The van der Waals surface area contributed by atoms with Crippen LogP contribution in [0.25, 0.3) is 0 Å². The number of rotatable bonds is 9. The smallest absolute Gasteiger partial charge is 0.256 e. The Kier molecular flexibility index (Phi) is 8.67. The molecule has 6 nitrogen and oxygen atoms in total. The van der Waals surface area contributed by atoms with Gasteiger partial charge in [0.25, 0.3) is 11.8 Å². The second kappa shape index (κ2) is 11.0. The van der Waals surface area contributed by atoms with E-state index in [0.717, 1.165) is 29.8 Å². The van der Waals surface area contributed by atoms with Crippen molar-refractivity contribution in [2.24, 2.45) is 0 Å². The molecule has 2 rings (SSSR count). The van der Waals surface area contributed by atoms with E-state index in [1.54, 1.807) is 18.2 Å². The highest BCUT2D eigenvalue weighted by atomic mass is 79.9. The van der Waals surface area contributed by atoms with Gasteiger partial charge in [-0.05, 0) is 59.4 Å². The molecule has 156 valence electrons. The van der Waals surface area contributed by atoms with Crippen molar-refractivity contribution in [1.82, 2.24) is 10.2 Å². The Balaban J connectivity index is 2.17. The van der Waals surface area contributed by atoms with Crippen LogP contribution in [-0.4, -0.2) is 57.0 Å². The molecule has 0 aliphatic heterocycles. The van der Waals surface area contributed by atoms with Gasteiger partial charge in [0, 0.05) is 43.0 Å². The van der Waals surface area contributed by atoms with Crippen molar-refractivity contribution in [2.45, 2.75) is 13.8 Å². The third-order valence-electron chi connectivity index (χ3n) is 4.71. The summed E-state index contributed by atoms with van der Waals surface area (Å²) in [5.74, 6) is -0.388. The summed E-state index contributed by atoms with van der Waals surface area (Å²) in [6.07, 6.45) is 0. The van der Waals surface area contributed by atoms with Crippen molar-refractivity contribution in [1.29, 1.82) is 0 Å². The summed E-state index contributed by atoms with van der Waals surface area (Å²) < 4.78 is 0.719. The molecular weight excluding hydrogens is 432 g/mol. The summed E-state index contributed by atoms with van der Waals surface area (Å²) >= 11 is 3.39. The maximum Gasteiger partial charge on any atom is 0.256 e. The predicted octanol–water partition coefficient (Wildman–Crippen LogP) is 3.84. The molecule has 0 saturated heterocycles. The monoisotopic (exact) mass is 460 g/mol. The van der Waals surface area contributed by atoms with Gasteiger partial charge in [0.2, 0.25) is 0 Å². The number of likely N-dealkylation sites (N-methyl/N-ethyl adjacent to an activating group) is 1. The molecule has 2 aromatic carbocycles. The first kappa shape index (κ1) is 22.9. The van der Waals surface area contributed by atoms with E-state index in [9.17, 15) is 9.59 Å². The standard InChI is InChI=1S/C22H29BrN4O2/c1-5-27(6-2)14-13-24-21(28)18-15-16(11-12-20(18)26(3)4)25-22(29)17-9-7-8-10-19(17)23/h7-12,15H,5-6,13-14H2,1-4H3,(H,24,28)(H,25,29). The van der Waals surface area contributed by atoms with E-state index in [1.165, 1.54) is 0 Å². The maximum atomic E-state index is 12.8. The lowest BCUT2D eigenvalue weighted by Crippen LogP contribution is -2.35. The zero-order valence-electron chi connectivity index (χ0n) is 17.5. The highest BCUT2D eigenvalue weighted by Crippen LogP contribution is 2.24. The summed E-state index contributed by atoms with van der Waals surface area (Å²) in [7, 11) is 3.78. The van der Waals surface area contributed by atoms with Crippen molar-refractivity contribution in [3.05, 3.63) is 58.1 Å². The van der Waals surface area contributed by atoms with Crippen molar-refractivity contribution < 1.29 is 9.59 Å². The molecule has 0 heterocycles. The van der Waals surface area contributed by atoms with Gasteiger partial charge < -0.3 is 20.4 Å². The number of amides is 2. The minimum atomic E-state index is -0.233. The molecule has 29 heavy (non-hydrogen) atoms. The first-order valence-electron chi connectivity index (χ1n) is 9.75. The summed E-state index contributed by atoms with van der Waals surface area (Å²) in [4.78, 5) is 29.5. The van der Waals surface area contributed by atoms with Crippen LogP contribution >= 0.6 is 15.9 Å². The number of anilines is 2. The molecule has 0 atom stereocenters. The van der Waals surface area contributed by atoms with Gasteiger partial charge in [-0.25, -0.2) is 0 Å². The van der Waals surface area contributed by atoms with Crippen LogP contribution in [0.3, 0.4) is 0 Å². The summed E-state index contributed by atoms with van der Waals surface area (Å²) in [5, 5.41) is 5.86. The quantitative estimate of drug-likeness (QED) is 0.596. The number of nitrogens with zero attached hydrogens (tertiary/aromatic N) is 2. The van der Waals surface area contributed by atoms with Crippen molar-refractivity contribution in [2.75, 3.05) is 50.5 Å².